The van der Waals surface area contributed by atoms with Gasteiger partial charge in [-0.3, -0.25) is 9.59 Å². The molecule has 1 aromatic heterocycles. The Bertz CT molecular complexity index is 1320. The number of carbonyl (C=O) groups excluding carboxylic acids is 2. The number of aromatic nitrogens is 2. The number of fused-ring (bicyclic) bond motifs is 1. The fourth-order valence-corrected chi connectivity index (χ4v) is 3.93. The SMILES string of the molecule is CC(=O)NC(CC(=O)NC(c1ccccc1)c1ccc2nc(C(F)(F)F)[nH]c2c1)c1ccccc1. The summed E-state index contributed by atoms with van der Waals surface area (Å²) in [6.45, 7) is 1.38. The predicted octanol–water partition coefficient (Wildman–Crippen LogP) is 5.05. The summed E-state index contributed by atoms with van der Waals surface area (Å²) in [5.41, 5.74) is 2.52. The lowest BCUT2D eigenvalue weighted by Gasteiger charge is -2.23. The molecule has 9 heteroatoms. The molecule has 180 valence electrons. The van der Waals surface area contributed by atoms with Crippen LogP contribution in [0.15, 0.2) is 78.9 Å². The summed E-state index contributed by atoms with van der Waals surface area (Å²) in [4.78, 5) is 30.8. The van der Waals surface area contributed by atoms with Crippen molar-refractivity contribution < 1.29 is 22.8 Å². The number of H-pyrrole nitrogens is 1. The number of halogens is 3. The van der Waals surface area contributed by atoms with E-state index in [0.29, 0.717) is 5.56 Å². The minimum atomic E-state index is -4.59. The molecule has 2 amide bonds. The van der Waals surface area contributed by atoms with Crippen molar-refractivity contribution in [2.24, 2.45) is 0 Å². The summed E-state index contributed by atoms with van der Waals surface area (Å²) < 4.78 is 39.3. The average Bonchev–Trinajstić information content (AvgIpc) is 3.27. The molecule has 4 rings (SSSR count). The zero-order valence-corrected chi connectivity index (χ0v) is 18.8. The number of nitrogens with zero attached hydrogens (tertiary/aromatic N) is 1. The van der Waals surface area contributed by atoms with Crippen LogP contribution in [-0.4, -0.2) is 21.8 Å². The smallest absolute Gasteiger partial charge is 0.349 e. The van der Waals surface area contributed by atoms with Crippen molar-refractivity contribution in [2.75, 3.05) is 0 Å². The zero-order chi connectivity index (χ0) is 25.0. The van der Waals surface area contributed by atoms with Gasteiger partial charge in [-0.1, -0.05) is 66.7 Å². The van der Waals surface area contributed by atoms with Gasteiger partial charge in [0.2, 0.25) is 17.6 Å². The number of amides is 2. The van der Waals surface area contributed by atoms with E-state index in [1.54, 1.807) is 12.1 Å². The van der Waals surface area contributed by atoms with E-state index in [1.807, 2.05) is 60.7 Å². The minimum Gasteiger partial charge on any atom is -0.349 e. The molecule has 35 heavy (non-hydrogen) atoms. The Balaban J connectivity index is 1.63. The van der Waals surface area contributed by atoms with Crippen LogP contribution in [0.1, 0.15) is 47.9 Å². The summed E-state index contributed by atoms with van der Waals surface area (Å²) in [6, 6.07) is 21.8. The highest BCUT2D eigenvalue weighted by atomic mass is 19.4. The van der Waals surface area contributed by atoms with E-state index in [0.717, 1.165) is 11.1 Å². The van der Waals surface area contributed by atoms with Gasteiger partial charge in [0.1, 0.15) is 0 Å². The first-order valence-electron chi connectivity index (χ1n) is 10.9. The van der Waals surface area contributed by atoms with E-state index < -0.39 is 24.1 Å². The molecule has 2 atom stereocenters. The lowest BCUT2D eigenvalue weighted by atomic mass is 9.97. The Labute approximate surface area is 199 Å². The van der Waals surface area contributed by atoms with Crippen LogP contribution in [0.3, 0.4) is 0 Å². The number of rotatable bonds is 7. The van der Waals surface area contributed by atoms with Crippen LogP contribution in [0.5, 0.6) is 0 Å². The predicted molar refractivity (Wildman–Crippen MR) is 125 cm³/mol. The maximum atomic E-state index is 13.1. The molecule has 2 unspecified atom stereocenters. The maximum absolute atomic E-state index is 13.1. The van der Waals surface area contributed by atoms with Gasteiger partial charge < -0.3 is 15.6 Å². The number of imidazole rings is 1. The number of hydrogen-bond acceptors (Lipinski definition) is 3. The Kier molecular flexibility index (Phi) is 6.86. The average molecular weight is 480 g/mol. The summed E-state index contributed by atoms with van der Waals surface area (Å²) in [6.07, 6.45) is -4.61. The van der Waals surface area contributed by atoms with Gasteiger partial charge in [-0.05, 0) is 28.8 Å². The monoisotopic (exact) mass is 480 g/mol. The van der Waals surface area contributed by atoms with Gasteiger partial charge >= 0.3 is 6.18 Å². The lowest BCUT2D eigenvalue weighted by molar-refractivity contribution is -0.144. The van der Waals surface area contributed by atoms with Crippen LogP contribution in [0.2, 0.25) is 0 Å². The summed E-state index contributed by atoms with van der Waals surface area (Å²) in [5.74, 6) is -1.68. The van der Waals surface area contributed by atoms with Gasteiger partial charge in [0, 0.05) is 6.92 Å². The quantitative estimate of drug-likeness (QED) is 0.346. The fraction of sp³-hybridized carbons (Fsp3) is 0.192. The van der Waals surface area contributed by atoms with E-state index in [4.69, 9.17) is 0 Å². The third-order valence-corrected chi connectivity index (χ3v) is 5.51. The van der Waals surface area contributed by atoms with Crippen molar-refractivity contribution in [1.82, 2.24) is 20.6 Å². The van der Waals surface area contributed by atoms with E-state index in [9.17, 15) is 22.8 Å². The second-order valence-corrected chi connectivity index (χ2v) is 8.14. The van der Waals surface area contributed by atoms with Crippen LogP contribution in [0.4, 0.5) is 13.2 Å². The van der Waals surface area contributed by atoms with Gasteiger partial charge in [-0.15, -0.1) is 0 Å². The number of nitrogens with one attached hydrogen (secondary N) is 3. The Hall–Kier alpha value is -4.14. The molecule has 0 fully saturated rings. The molecular weight excluding hydrogens is 457 g/mol. The zero-order valence-electron chi connectivity index (χ0n) is 18.8. The van der Waals surface area contributed by atoms with Crippen molar-refractivity contribution in [3.05, 3.63) is 101 Å². The van der Waals surface area contributed by atoms with Crippen molar-refractivity contribution >= 4 is 22.8 Å². The number of alkyl halides is 3. The number of aromatic amines is 1. The van der Waals surface area contributed by atoms with Crippen molar-refractivity contribution in [2.45, 2.75) is 31.6 Å². The van der Waals surface area contributed by atoms with Gasteiger partial charge in [-0.25, -0.2) is 4.98 Å². The first-order chi connectivity index (χ1) is 16.7. The summed E-state index contributed by atoms with van der Waals surface area (Å²) in [7, 11) is 0. The fourth-order valence-electron chi connectivity index (χ4n) is 3.93. The van der Waals surface area contributed by atoms with Gasteiger partial charge in [0.05, 0.1) is 29.5 Å². The van der Waals surface area contributed by atoms with Gasteiger partial charge in [0.15, 0.2) is 0 Å². The molecule has 0 saturated heterocycles. The topological polar surface area (TPSA) is 86.9 Å². The van der Waals surface area contributed by atoms with Crippen molar-refractivity contribution in [1.29, 1.82) is 0 Å². The van der Waals surface area contributed by atoms with Crippen LogP contribution < -0.4 is 10.6 Å². The second kappa shape index (κ2) is 10.0. The molecule has 6 nitrogen and oxygen atoms in total. The Morgan fingerprint density at radius 1 is 0.886 bits per heavy atom. The summed E-state index contributed by atoms with van der Waals surface area (Å²) in [5, 5.41) is 5.78. The lowest BCUT2D eigenvalue weighted by Crippen LogP contribution is -2.34. The van der Waals surface area contributed by atoms with Crippen LogP contribution in [0.25, 0.3) is 11.0 Å². The molecule has 0 bridgehead atoms. The van der Waals surface area contributed by atoms with E-state index in [1.165, 1.54) is 13.0 Å². The molecule has 0 spiro atoms. The second-order valence-electron chi connectivity index (χ2n) is 8.14. The number of benzene rings is 3. The van der Waals surface area contributed by atoms with E-state index >= 15 is 0 Å². The van der Waals surface area contributed by atoms with Gasteiger partial charge in [-0.2, -0.15) is 13.2 Å². The highest BCUT2D eigenvalue weighted by molar-refractivity contribution is 5.81. The van der Waals surface area contributed by atoms with Crippen LogP contribution in [-0.2, 0) is 15.8 Å². The first kappa shape index (κ1) is 24.0. The highest BCUT2D eigenvalue weighted by Crippen LogP contribution is 2.31. The Morgan fingerprint density at radius 3 is 2.11 bits per heavy atom. The van der Waals surface area contributed by atoms with Crippen molar-refractivity contribution in [3.8, 4) is 0 Å². The highest BCUT2D eigenvalue weighted by Gasteiger charge is 2.34. The third-order valence-electron chi connectivity index (χ3n) is 5.51. The van der Waals surface area contributed by atoms with Crippen LogP contribution >= 0.6 is 0 Å². The van der Waals surface area contributed by atoms with Crippen molar-refractivity contribution in [3.63, 3.8) is 0 Å². The minimum absolute atomic E-state index is 0.0164. The molecule has 0 aliphatic rings. The molecule has 0 aliphatic heterocycles. The molecule has 3 N–H and O–H groups in total. The van der Waals surface area contributed by atoms with E-state index in [-0.39, 0.29) is 29.3 Å². The largest absolute Gasteiger partial charge is 0.449 e. The van der Waals surface area contributed by atoms with Gasteiger partial charge in [0.25, 0.3) is 0 Å². The standard InChI is InChI=1S/C26H23F3N4O2/c1-16(34)30-21(17-8-4-2-5-9-17)15-23(35)33-24(18-10-6-3-7-11-18)19-12-13-20-22(14-19)32-25(31-20)26(27,28)29/h2-14,21,24H,15H2,1H3,(H,30,34)(H,31,32)(H,33,35). The van der Waals surface area contributed by atoms with Crippen LogP contribution in [0, 0.1) is 0 Å². The summed E-state index contributed by atoms with van der Waals surface area (Å²) >= 11 is 0. The number of hydrogen-bond donors (Lipinski definition) is 3. The Morgan fingerprint density at radius 2 is 1.51 bits per heavy atom. The molecular formula is C26H23F3N4O2. The molecule has 4 aromatic rings. The normalized spacial score (nSPS) is 13.3. The number of carbonyl (C=O) groups is 2. The molecule has 0 aliphatic carbocycles. The maximum Gasteiger partial charge on any atom is 0.449 e. The molecule has 0 radical (unpaired) electrons. The van der Waals surface area contributed by atoms with E-state index in [2.05, 4.69) is 20.6 Å². The molecule has 3 aromatic carbocycles. The molecule has 0 saturated carbocycles. The molecule has 1 heterocycles. The first-order valence-corrected chi connectivity index (χ1v) is 10.9. The third kappa shape index (κ3) is 5.87.